The molecule has 10 nitrogen and oxygen atoms in total. The monoisotopic (exact) mass is 697 g/mol. The highest BCUT2D eigenvalue weighted by molar-refractivity contribution is 9.10. The maximum absolute atomic E-state index is 15.2. The lowest BCUT2D eigenvalue weighted by Crippen LogP contribution is -2.35. The van der Waals surface area contributed by atoms with E-state index < -0.39 is 28.9 Å². The van der Waals surface area contributed by atoms with Gasteiger partial charge in [-0.2, -0.15) is 5.10 Å². The lowest BCUT2D eigenvalue weighted by Gasteiger charge is -2.24. The van der Waals surface area contributed by atoms with Crippen LogP contribution in [0.2, 0.25) is 0 Å². The lowest BCUT2D eigenvalue weighted by atomic mass is 10.1. The Kier molecular flexibility index (Phi) is 9.58. The van der Waals surface area contributed by atoms with Gasteiger partial charge in [0.25, 0.3) is 0 Å². The third-order valence-electron chi connectivity index (χ3n) is 7.34. The number of pyridine rings is 1. The van der Waals surface area contributed by atoms with Crippen LogP contribution in [0, 0.1) is 23.5 Å². The molecular formula is C33H34BrF2N5O5. The summed E-state index contributed by atoms with van der Waals surface area (Å²) in [5.41, 5.74) is 0.707. The SMILES string of the molecule is COc1ccc(CNc2ncc(Br)c3c2c(C#Cc2c(F)c(OC)cc(OC)c2F)nn3[C@H]2CCN(C(=O)OC(C)(C)C)C2)cc1. The Bertz CT molecular complexity index is 1800. The van der Waals surface area contributed by atoms with Crippen LogP contribution in [0.15, 0.2) is 41.0 Å². The van der Waals surface area contributed by atoms with Crippen molar-refractivity contribution >= 4 is 38.7 Å². The number of benzene rings is 2. The molecule has 1 saturated heterocycles. The molecule has 13 heteroatoms. The quantitative estimate of drug-likeness (QED) is 0.213. The molecule has 0 radical (unpaired) electrons. The van der Waals surface area contributed by atoms with Gasteiger partial charge in [-0.1, -0.05) is 18.1 Å². The Morgan fingerprint density at radius 3 is 2.35 bits per heavy atom. The summed E-state index contributed by atoms with van der Waals surface area (Å²) in [4.78, 5) is 19.1. The first-order chi connectivity index (χ1) is 21.9. The number of methoxy groups -OCH3 is 3. The molecule has 2 aromatic carbocycles. The van der Waals surface area contributed by atoms with E-state index in [-0.39, 0.29) is 23.2 Å². The minimum atomic E-state index is -0.960. The number of nitrogens with one attached hydrogen (secondary N) is 1. The molecule has 1 atom stereocenters. The minimum Gasteiger partial charge on any atom is -0.497 e. The van der Waals surface area contributed by atoms with Crippen molar-refractivity contribution in [2.75, 3.05) is 39.7 Å². The zero-order valence-electron chi connectivity index (χ0n) is 26.3. The molecule has 1 aliphatic heterocycles. The normalized spacial score (nSPS) is 14.5. The molecule has 2 aromatic heterocycles. The van der Waals surface area contributed by atoms with Gasteiger partial charge in [-0.3, -0.25) is 4.68 Å². The summed E-state index contributed by atoms with van der Waals surface area (Å²) in [6, 6.07) is 8.47. The van der Waals surface area contributed by atoms with E-state index in [1.807, 2.05) is 45.0 Å². The number of aromatic nitrogens is 3. The highest BCUT2D eigenvalue weighted by Gasteiger charge is 2.33. The van der Waals surface area contributed by atoms with Gasteiger partial charge in [0.2, 0.25) is 0 Å². The second kappa shape index (κ2) is 13.4. The van der Waals surface area contributed by atoms with Crippen LogP contribution in [0.25, 0.3) is 10.9 Å². The number of anilines is 1. The second-order valence-corrected chi connectivity index (χ2v) is 12.4. The highest BCUT2D eigenvalue weighted by Crippen LogP contribution is 2.36. The molecular weight excluding hydrogens is 664 g/mol. The van der Waals surface area contributed by atoms with E-state index in [4.69, 9.17) is 24.0 Å². The maximum Gasteiger partial charge on any atom is 0.410 e. The Labute approximate surface area is 274 Å². The van der Waals surface area contributed by atoms with Crippen molar-refractivity contribution in [2.45, 2.75) is 45.4 Å². The molecule has 1 amide bonds. The molecule has 0 unspecified atom stereocenters. The van der Waals surface area contributed by atoms with E-state index in [2.05, 4.69) is 38.1 Å². The number of likely N-dealkylation sites (tertiary alicyclic amines) is 1. The zero-order valence-corrected chi connectivity index (χ0v) is 27.9. The Morgan fingerprint density at radius 2 is 1.74 bits per heavy atom. The summed E-state index contributed by atoms with van der Waals surface area (Å²) < 4.78 is 53.9. The fourth-order valence-corrected chi connectivity index (χ4v) is 5.58. The van der Waals surface area contributed by atoms with Gasteiger partial charge >= 0.3 is 6.09 Å². The molecule has 0 bridgehead atoms. The van der Waals surface area contributed by atoms with Crippen LogP contribution in [0.4, 0.5) is 19.4 Å². The largest absolute Gasteiger partial charge is 0.497 e. The summed E-state index contributed by atoms with van der Waals surface area (Å²) in [6.07, 6.45) is 1.84. The van der Waals surface area contributed by atoms with Crippen molar-refractivity contribution in [1.82, 2.24) is 19.7 Å². The molecule has 1 N–H and O–H groups in total. The molecule has 46 heavy (non-hydrogen) atoms. The molecule has 4 aromatic rings. The van der Waals surface area contributed by atoms with Gasteiger partial charge in [-0.15, -0.1) is 0 Å². The summed E-state index contributed by atoms with van der Waals surface area (Å²) in [7, 11) is 4.15. The number of fused-ring (bicyclic) bond motifs is 1. The first kappa shape index (κ1) is 32.8. The van der Waals surface area contributed by atoms with Gasteiger partial charge in [0, 0.05) is 31.9 Å². The molecule has 0 aliphatic carbocycles. The van der Waals surface area contributed by atoms with E-state index in [0.29, 0.717) is 47.2 Å². The van der Waals surface area contributed by atoms with Gasteiger partial charge in [-0.05, 0) is 66.7 Å². The van der Waals surface area contributed by atoms with E-state index in [9.17, 15) is 4.79 Å². The summed E-state index contributed by atoms with van der Waals surface area (Å²) in [5.74, 6) is 4.37. The van der Waals surface area contributed by atoms with Gasteiger partial charge in [-0.25, -0.2) is 18.6 Å². The predicted octanol–water partition coefficient (Wildman–Crippen LogP) is 6.69. The molecule has 0 spiro atoms. The van der Waals surface area contributed by atoms with Crippen molar-refractivity contribution in [1.29, 1.82) is 0 Å². The van der Waals surface area contributed by atoms with E-state index in [1.54, 1.807) is 22.9 Å². The van der Waals surface area contributed by atoms with Crippen molar-refractivity contribution in [3.63, 3.8) is 0 Å². The average Bonchev–Trinajstić information content (AvgIpc) is 3.67. The summed E-state index contributed by atoms with van der Waals surface area (Å²) >= 11 is 3.62. The molecule has 1 fully saturated rings. The fraction of sp³-hybridized carbons (Fsp3) is 0.364. The number of hydrogen-bond acceptors (Lipinski definition) is 8. The number of carbonyl (C=O) groups is 1. The van der Waals surface area contributed by atoms with Gasteiger partial charge < -0.3 is 29.2 Å². The third kappa shape index (κ3) is 6.82. The first-order valence-corrected chi connectivity index (χ1v) is 15.3. The van der Waals surface area contributed by atoms with E-state index in [1.165, 1.54) is 14.2 Å². The molecule has 5 rings (SSSR count). The standard InChI is InChI=1S/C33H34BrF2N5O5/c1-33(2,3)46-32(42)40-14-13-20(18-40)41-30-23(34)17-38-31(37-16-19-7-9-21(43-4)10-8-19)27(30)24(39-41)12-11-22-28(35)25(44-5)15-26(45-6)29(22)36/h7-10,15,17,20H,13-14,16,18H2,1-6H3,(H,37,38)/t20-/m0/s1. The number of hydrogen-bond donors (Lipinski definition) is 1. The lowest BCUT2D eigenvalue weighted by molar-refractivity contribution is 0.0288. The average molecular weight is 699 g/mol. The Hall–Kier alpha value is -4.57. The molecule has 1 aliphatic rings. The van der Waals surface area contributed by atoms with Crippen LogP contribution in [-0.4, -0.2) is 65.8 Å². The highest BCUT2D eigenvalue weighted by atomic mass is 79.9. The van der Waals surface area contributed by atoms with Gasteiger partial charge in [0.1, 0.15) is 28.4 Å². The number of rotatable bonds is 7. The number of nitrogens with zero attached hydrogens (tertiary/aromatic N) is 4. The van der Waals surface area contributed by atoms with Crippen LogP contribution in [0.3, 0.4) is 0 Å². The summed E-state index contributed by atoms with van der Waals surface area (Å²) in [5, 5.41) is 8.73. The van der Waals surface area contributed by atoms with Gasteiger partial charge in [0.15, 0.2) is 23.1 Å². The van der Waals surface area contributed by atoms with Crippen molar-refractivity contribution in [3.8, 4) is 29.1 Å². The van der Waals surface area contributed by atoms with Crippen LogP contribution in [-0.2, 0) is 11.3 Å². The Morgan fingerprint density at radius 1 is 1.07 bits per heavy atom. The number of carbonyl (C=O) groups excluding carboxylic acids is 1. The maximum atomic E-state index is 15.2. The van der Waals surface area contributed by atoms with E-state index >= 15 is 8.78 Å². The molecule has 0 saturated carbocycles. The predicted molar refractivity (Wildman–Crippen MR) is 172 cm³/mol. The number of amides is 1. The van der Waals surface area contributed by atoms with Crippen molar-refractivity contribution in [2.24, 2.45) is 0 Å². The van der Waals surface area contributed by atoms with Crippen molar-refractivity contribution < 1.29 is 32.5 Å². The molecule has 3 heterocycles. The number of halogens is 3. The Balaban J connectivity index is 1.60. The topological polar surface area (TPSA) is 100.0 Å². The van der Waals surface area contributed by atoms with Crippen LogP contribution < -0.4 is 19.5 Å². The zero-order chi connectivity index (χ0) is 33.2. The fourth-order valence-electron chi connectivity index (χ4n) is 5.10. The number of ether oxygens (including phenoxy) is 4. The second-order valence-electron chi connectivity index (χ2n) is 11.6. The minimum absolute atomic E-state index is 0.211. The van der Waals surface area contributed by atoms with Crippen LogP contribution in [0.1, 0.15) is 50.1 Å². The van der Waals surface area contributed by atoms with E-state index in [0.717, 1.165) is 17.4 Å². The molecule has 242 valence electrons. The van der Waals surface area contributed by atoms with Gasteiger partial charge in [0.05, 0.1) is 42.7 Å². The smallest absolute Gasteiger partial charge is 0.410 e. The van der Waals surface area contributed by atoms with Crippen LogP contribution >= 0.6 is 15.9 Å². The van der Waals surface area contributed by atoms with Crippen LogP contribution in [0.5, 0.6) is 17.2 Å². The third-order valence-corrected chi connectivity index (χ3v) is 7.92. The van der Waals surface area contributed by atoms with Crippen molar-refractivity contribution in [3.05, 3.63) is 69.5 Å². The first-order valence-electron chi connectivity index (χ1n) is 14.5. The summed E-state index contributed by atoms with van der Waals surface area (Å²) in [6.45, 7) is 6.68.